The topological polar surface area (TPSA) is 136 Å². The standard InChI is InChI=1S/C30H32F2N8O3/c1-18-15-39(16-24(34)29(18)42-9-2-7-33)27-5-8-35-14-26(27)37-30-36-13-19-3-4-25(38-40(19)30)28-22(31)11-21(12-23(28)32)43-20-6-10-41-17-20/h3-5,8,11-14,18,20,24,29H,2,6,9-10,15-17,34H2,1H3,(H,36,37). The zero-order valence-electron chi connectivity index (χ0n) is 23.6. The molecule has 4 unspecified atom stereocenters. The fourth-order valence-corrected chi connectivity index (χ4v) is 5.67. The van der Waals surface area contributed by atoms with Gasteiger partial charge in [0.25, 0.3) is 0 Å². The third-order valence-corrected chi connectivity index (χ3v) is 7.68. The summed E-state index contributed by atoms with van der Waals surface area (Å²) < 4.78 is 48.8. The molecule has 0 spiro atoms. The molecule has 0 saturated carbocycles. The maximum Gasteiger partial charge on any atom is 0.229 e. The molecule has 3 N–H and O–H groups in total. The summed E-state index contributed by atoms with van der Waals surface area (Å²) in [5.74, 6) is -0.991. The van der Waals surface area contributed by atoms with Gasteiger partial charge in [0.15, 0.2) is 0 Å². The molecule has 0 bridgehead atoms. The van der Waals surface area contributed by atoms with Crippen LogP contribution in [0.25, 0.3) is 16.8 Å². The van der Waals surface area contributed by atoms with Crippen LogP contribution >= 0.6 is 0 Å². The summed E-state index contributed by atoms with van der Waals surface area (Å²) in [5.41, 5.74) is 8.50. The lowest BCUT2D eigenvalue weighted by Crippen LogP contribution is -2.56. The van der Waals surface area contributed by atoms with Gasteiger partial charge in [0, 0.05) is 49.8 Å². The number of benzene rings is 1. The molecule has 5 heterocycles. The zero-order valence-corrected chi connectivity index (χ0v) is 23.6. The average Bonchev–Trinajstić information content (AvgIpc) is 3.64. The Hall–Kier alpha value is -4.38. The largest absolute Gasteiger partial charge is 0.488 e. The lowest BCUT2D eigenvalue weighted by Gasteiger charge is -2.42. The molecule has 11 nitrogen and oxygen atoms in total. The van der Waals surface area contributed by atoms with Crippen molar-refractivity contribution < 1.29 is 23.0 Å². The fourth-order valence-electron chi connectivity index (χ4n) is 5.67. The smallest absolute Gasteiger partial charge is 0.229 e. The van der Waals surface area contributed by atoms with Crippen molar-refractivity contribution in [3.05, 3.63) is 60.6 Å². The van der Waals surface area contributed by atoms with E-state index in [1.165, 1.54) is 16.6 Å². The summed E-state index contributed by atoms with van der Waals surface area (Å²) in [7, 11) is 0. The van der Waals surface area contributed by atoms with Gasteiger partial charge in [-0.1, -0.05) is 6.92 Å². The van der Waals surface area contributed by atoms with E-state index >= 15 is 8.78 Å². The number of rotatable bonds is 9. The molecular formula is C30H32F2N8O3. The number of nitrogens with one attached hydrogen (secondary N) is 1. The molecule has 0 amide bonds. The van der Waals surface area contributed by atoms with Gasteiger partial charge >= 0.3 is 0 Å². The Bertz CT molecular complexity index is 1600. The molecule has 0 aliphatic carbocycles. The Morgan fingerprint density at radius 2 is 2.02 bits per heavy atom. The van der Waals surface area contributed by atoms with Crippen LogP contribution in [-0.2, 0) is 9.47 Å². The number of fused-ring (bicyclic) bond motifs is 1. The number of hydrogen-bond donors (Lipinski definition) is 2. The van der Waals surface area contributed by atoms with Gasteiger partial charge in [-0.2, -0.15) is 14.9 Å². The van der Waals surface area contributed by atoms with Gasteiger partial charge in [0.2, 0.25) is 5.95 Å². The molecule has 2 saturated heterocycles. The van der Waals surface area contributed by atoms with Crippen LogP contribution in [0.3, 0.4) is 0 Å². The van der Waals surface area contributed by atoms with Gasteiger partial charge in [-0.05, 0) is 18.2 Å². The summed E-state index contributed by atoms with van der Waals surface area (Å²) in [6.07, 6.45) is 5.60. The summed E-state index contributed by atoms with van der Waals surface area (Å²) in [5, 5.41) is 16.7. The SMILES string of the molecule is CC1CN(c2ccncc2Nc2ncc3ccc(-c4c(F)cc(OC5CCOC5)cc4F)nn23)CC(N)C1OCCC#N. The van der Waals surface area contributed by atoms with E-state index in [1.54, 1.807) is 30.7 Å². The van der Waals surface area contributed by atoms with E-state index in [9.17, 15) is 0 Å². The van der Waals surface area contributed by atoms with Gasteiger partial charge in [0.1, 0.15) is 23.5 Å². The molecule has 43 heavy (non-hydrogen) atoms. The van der Waals surface area contributed by atoms with Crippen LogP contribution in [-0.4, -0.2) is 70.7 Å². The first-order valence-electron chi connectivity index (χ1n) is 14.2. The Morgan fingerprint density at radius 3 is 2.77 bits per heavy atom. The molecule has 3 aromatic heterocycles. The van der Waals surface area contributed by atoms with Crippen molar-refractivity contribution in [3.8, 4) is 23.1 Å². The second kappa shape index (κ2) is 12.5. The van der Waals surface area contributed by atoms with Gasteiger partial charge in [-0.25, -0.2) is 13.8 Å². The molecule has 4 atom stereocenters. The van der Waals surface area contributed by atoms with Crippen molar-refractivity contribution in [2.75, 3.05) is 43.1 Å². The lowest BCUT2D eigenvalue weighted by molar-refractivity contribution is -0.00331. The first kappa shape index (κ1) is 28.7. The maximum atomic E-state index is 15.2. The molecule has 0 radical (unpaired) electrons. The van der Waals surface area contributed by atoms with Crippen LogP contribution in [0.5, 0.6) is 5.75 Å². The van der Waals surface area contributed by atoms with E-state index in [0.717, 1.165) is 5.69 Å². The minimum Gasteiger partial charge on any atom is -0.488 e. The number of anilines is 3. The number of pyridine rings is 1. The Balaban J connectivity index is 1.24. The number of nitrogens with two attached hydrogens (primary N) is 1. The molecule has 2 aliphatic rings. The molecule has 6 rings (SSSR count). The highest BCUT2D eigenvalue weighted by Gasteiger charge is 2.34. The van der Waals surface area contributed by atoms with Crippen LogP contribution < -0.4 is 20.7 Å². The van der Waals surface area contributed by atoms with Crippen molar-refractivity contribution in [2.45, 2.75) is 38.0 Å². The van der Waals surface area contributed by atoms with Crippen molar-refractivity contribution in [1.29, 1.82) is 5.26 Å². The van der Waals surface area contributed by atoms with Crippen molar-refractivity contribution in [2.24, 2.45) is 11.7 Å². The third kappa shape index (κ3) is 6.08. The summed E-state index contributed by atoms with van der Waals surface area (Å²) in [6, 6.07) is 9.31. The fraction of sp³-hybridized carbons (Fsp3) is 0.400. The quantitative estimate of drug-likeness (QED) is 0.275. The molecular weight excluding hydrogens is 558 g/mol. The minimum absolute atomic E-state index is 0.101. The van der Waals surface area contributed by atoms with Gasteiger partial charge < -0.3 is 30.2 Å². The van der Waals surface area contributed by atoms with E-state index in [0.29, 0.717) is 62.9 Å². The average molecular weight is 591 g/mol. The second-order valence-corrected chi connectivity index (χ2v) is 10.8. The molecule has 224 valence electrons. The Morgan fingerprint density at radius 1 is 1.19 bits per heavy atom. The van der Waals surface area contributed by atoms with Gasteiger partial charge in [-0.15, -0.1) is 0 Å². The Kier molecular flexibility index (Phi) is 8.33. The van der Waals surface area contributed by atoms with Gasteiger partial charge in [-0.3, -0.25) is 4.98 Å². The predicted molar refractivity (Wildman–Crippen MR) is 155 cm³/mol. The first-order chi connectivity index (χ1) is 20.9. The zero-order chi connectivity index (χ0) is 29.9. The monoisotopic (exact) mass is 590 g/mol. The van der Waals surface area contributed by atoms with Crippen molar-refractivity contribution in [3.63, 3.8) is 0 Å². The van der Waals surface area contributed by atoms with E-state index in [-0.39, 0.29) is 41.2 Å². The van der Waals surface area contributed by atoms with Gasteiger partial charge in [0.05, 0.1) is 79.0 Å². The normalized spacial score (nSPS) is 22.1. The number of imidazole rings is 1. The van der Waals surface area contributed by atoms with E-state index in [2.05, 4.69) is 38.3 Å². The number of nitriles is 1. The lowest BCUT2D eigenvalue weighted by atomic mass is 9.92. The van der Waals surface area contributed by atoms with Crippen molar-refractivity contribution >= 4 is 22.8 Å². The number of piperidine rings is 1. The van der Waals surface area contributed by atoms with E-state index < -0.39 is 11.6 Å². The number of halogens is 2. The second-order valence-electron chi connectivity index (χ2n) is 10.8. The third-order valence-electron chi connectivity index (χ3n) is 7.68. The van der Waals surface area contributed by atoms with E-state index in [4.69, 9.17) is 25.2 Å². The summed E-state index contributed by atoms with van der Waals surface area (Å²) in [6.45, 7) is 4.59. The van der Waals surface area contributed by atoms with Crippen LogP contribution in [0.4, 0.5) is 26.1 Å². The maximum absolute atomic E-state index is 15.2. The molecule has 4 aromatic rings. The number of ether oxygens (including phenoxy) is 3. The van der Waals surface area contributed by atoms with Crippen LogP contribution in [0.2, 0.25) is 0 Å². The molecule has 2 aliphatic heterocycles. The highest BCUT2D eigenvalue weighted by Crippen LogP contribution is 2.33. The first-order valence-corrected chi connectivity index (χ1v) is 14.2. The van der Waals surface area contributed by atoms with Crippen LogP contribution in [0, 0.1) is 28.9 Å². The highest BCUT2D eigenvalue weighted by atomic mass is 19.1. The summed E-state index contributed by atoms with van der Waals surface area (Å²) in [4.78, 5) is 10.9. The summed E-state index contributed by atoms with van der Waals surface area (Å²) >= 11 is 0. The van der Waals surface area contributed by atoms with Crippen LogP contribution in [0.15, 0.2) is 48.9 Å². The number of nitrogens with zero attached hydrogens (tertiary/aromatic N) is 6. The van der Waals surface area contributed by atoms with Crippen molar-refractivity contribution in [1.82, 2.24) is 19.6 Å². The van der Waals surface area contributed by atoms with E-state index in [1.807, 2.05) is 6.07 Å². The predicted octanol–water partition coefficient (Wildman–Crippen LogP) is 4.06. The minimum atomic E-state index is -0.782. The van der Waals surface area contributed by atoms with Crippen LogP contribution in [0.1, 0.15) is 19.8 Å². The molecule has 1 aromatic carbocycles. The molecule has 13 heteroatoms. The number of aromatic nitrogens is 4. The Labute approximate surface area is 247 Å². The number of hydrogen-bond acceptors (Lipinski definition) is 10. The highest BCUT2D eigenvalue weighted by molar-refractivity contribution is 5.74. The molecule has 2 fully saturated rings.